The number of nitrogens with zero attached hydrogens (tertiary/aromatic N) is 1. The standard InChI is InChI=1S/C10H14N2.C2H6/c1-7-3-5-9-6-4-8(2)12-10(9)11-7;1-2/h3,5,8H,4,6H2,1-2H3,(H,11,12);1-2H3. The average molecular weight is 192 g/mol. The highest BCUT2D eigenvalue weighted by molar-refractivity contribution is 5.47. The lowest BCUT2D eigenvalue weighted by molar-refractivity contribution is 0.673. The number of rotatable bonds is 0. The summed E-state index contributed by atoms with van der Waals surface area (Å²) in [7, 11) is 0. The Bertz CT molecular complexity index is 294. The number of hydrogen-bond acceptors (Lipinski definition) is 2. The minimum absolute atomic E-state index is 0.576. The van der Waals surface area contributed by atoms with Crippen LogP contribution in [0.4, 0.5) is 5.82 Å². The van der Waals surface area contributed by atoms with Gasteiger partial charge >= 0.3 is 0 Å². The van der Waals surface area contributed by atoms with E-state index in [1.807, 2.05) is 20.8 Å². The van der Waals surface area contributed by atoms with Crippen LogP contribution < -0.4 is 5.32 Å². The Balaban J connectivity index is 0.000000461. The summed E-state index contributed by atoms with van der Waals surface area (Å²) in [4.78, 5) is 4.45. The molecule has 1 aliphatic rings. The van der Waals surface area contributed by atoms with Crippen LogP contribution >= 0.6 is 0 Å². The van der Waals surface area contributed by atoms with Gasteiger partial charge in [0, 0.05) is 11.7 Å². The van der Waals surface area contributed by atoms with Crippen molar-refractivity contribution in [3.8, 4) is 0 Å². The highest BCUT2D eigenvalue weighted by atomic mass is 15.0. The third-order valence-electron chi connectivity index (χ3n) is 2.35. The number of pyridine rings is 1. The SMILES string of the molecule is CC.Cc1ccc2c(n1)NC(C)CC2. The number of fused-ring (bicyclic) bond motifs is 1. The van der Waals surface area contributed by atoms with Crippen molar-refractivity contribution in [2.75, 3.05) is 5.32 Å². The van der Waals surface area contributed by atoms with Gasteiger partial charge in [-0.1, -0.05) is 19.9 Å². The highest BCUT2D eigenvalue weighted by Gasteiger charge is 2.14. The molecule has 2 rings (SSSR count). The van der Waals surface area contributed by atoms with Gasteiger partial charge in [0.05, 0.1) is 0 Å². The molecule has 1 atom stereocenters. The molecule has 78 valence electrons. The van der Waals surface area contributed by atoms with E-state index in [9.17, 15) is 0 Å². The normalized spacial score (nSPS) is 18.7. The van der Waals surface area contributed by atoms with Crippen LogP contribution in [0.2, 0.25) is 0 Å². The summed E-state index contributed by atoms with van der Waals surface area (Å²) in [5, 5.41) is 3.39. The number of nitrogens with one attached hydrogen (secondary N) is 1. The minimum Gasteiger partial charge on any atom is -0.367 e. The first-order chi connectivity index (χ1) is 6.75. The molecule has 1 unspecified atom stereocenters. The molecule has 1 N–H and O–H groups in total. The number of hydrogen-bond donors (Lipinski definition) is 1. The number of anilines is 1. The van der Waals surface area contributed by atoms with Gasteiger partial charge in [0.15, 0.2) is 0 Å². The molecule has 1 aliphatic heterocycles. The molecular formula is C12H20N2. The lowest BCUT2D eigenvalue weighted by Gasteiger charge is -2.22. The van der Waals surface area contributed by atoms with Crippen molar-refractivity contribution in [1.82, 2.24) is 4.98 Å². The smallest absolute Gasteiger partial charge is 0.129 e. The van der Waals surface area contributed by atoms with E-state index in [0.29, 0.717) is 6.04 Å². The van der Waals surface area contributed by atoms with E-state index >= 15 is 0 Å². The van der Waals surface area contributed by atoms with Crippen molar-refractivity contribution in [2.24, 2.45) is 0 Å². The Kier molecular flexibility index (Phi) is 3.93. The molecular weight excluding hydrogens is 172 g/mol. The molecule has 0 saturated heterocycles. The van der Waals surface area contributed by atoms with Crippen molar-refractivity contribution in [2.45, 2.75) is 46.6 Å². The van der Waals surface area contributed by atoms with Gasteiger partial charge in [-0.25, -0.2) is 4.98 Å². The van der Waals surface area contributed by atoms with Crippen LogP contribution in [0.5, 0.6) is 0 Å². The fourth-order valence-electron chi connectivity index (χ4n) is 1.59. The molecule has 0 spiro atoms. The molecule has 0 radical (unpaired) electrons. The Morgan fingerprint density at radius 2 is 2.07 bits per heavy atom. The van der Waals surface area contributed by atoms with Crippen molar-refractivity contribution in [1.29, 1.82) is 0 Å². The minimum atomic E-state index is 0.576. The second-order valence-corrected chi connectivity index (χ2v) is 3.54. The summed E-state index contributed by atoms with van der Waals surface area (Å²) in [5.41, 5.74) is 2.45. The molecule has 0 fully saturated rings. The second-order valence-electron chi connectivity index (χ2n) is 3.54. The summed E-state index contributed by atoms with van der Waals surface area (Å²) in [6.07, 6.45) is 2.38. The van der Waals surface area contributed by atoms with Crippen molar-refractivity contribution < 1.29 is 0 Å². The van der Waals surface area contributed by atoms with E-state index in [1.165, 1.54) is 12.0 Å². The van der Waals surface area contributed by atoms with Gasteiger partial charge in [0.25, 0.3) is 0 Å². The van der Waals surface area contributed by atoms with Crippen LogP contribution in [0.1, 0.15) is 38.4 Å². The van der Waals surface area contributed by atoms with Crippen molar-refractivity contribution in [3.63, 3.8) is 0 Å². The molecule has 0 amide bonds. The lowest BCUT2D eigenvalue weighted by Crippen LogP contribution is -2.22. The summed E-state index contributed by atoms with van der Waals surface area (Å²) in [5.74, 6) is 1.09. The third kappa shape index (κ3) is 2.47. The maximum Gasteiger partial charge on any atom is 0.129 e. The molecule has 14 heavy (non-hydrogen) atoms. The van der Waals surface area contributed by atoms with Gasteiger partial charge < -0.3 is 5.32 Å². The van der Waals surface area contributed by atoms with Gasteiger partial charge in [0.1, 0.15) is 5.82 Å². The van der Waals surface area contributed by atoms with Crippen molar-refractivity contribution in [3.05, 3.63) is 23.4 Å². The van der Waals surface area contributed by atoms with Crippen LogP contribution in [0.3, 0.4) is 0 Å². The Morgan fingerprint density at radius 3 is 2.79 bits per heavy atom. The molecule has 1 aromatic heterocycles. The molecule has 2 heterocycles. The Morgan fingerprint density at radius 1 is 1.36 bits per heavy atom. The zero-order valence-corrected chi connectivity index (χ0v) is 9.59. The monoisotopic (exact) mass is 192 g/mol. The van der Waals surface area contributed by atoms with Crippen LogP contribution in [-0.2, 0) is 6.42 Å². The Labute approximate surface area is 86.8 Å². The molecule has 0 saturated carbocycles. The molecule has 1 aromatic rings. The molecule has 0 aliphatic carbocycles. The van der Waals surface area contributed by atoms with E-state index in [1.54, 1.807) is 0 Å². The topological polar surface area (TPSA) is 24.9 Å². The largest absolute Gasteiger partial charge is 0.367 e. The fraction of sp³-hybridized carbons (Fsp3) is 0.583. The van der Waals surface area contributed by atoms with Gasteiger partial charge in [-0.3, -0.25) is 0 Å². The van der Waals surface area contributed by atoms with E-state index in [0.717, 1.165) is 17.9 Å². The maximum absolute atomic E-state index is 4.45. The quantitative estimate of drug-likeness (QED) is 0.683. The fourth-order valence-corrected chi connectivity index (χ4v) is 1.59. The third-order valence-corrected chi connectivity index (χ3v) is 2.35. The van der Waals surface area contributed by atoms with E-state index in [2.05, 4.69) is 29.4 Å². The summed E-state index contributed by atoms with van der Waals surface area (Å²) < 4.78 is 0. The van der Waals surface area contributed by atoms with Gasteiger partial charge in [-0.15, -0.1) is 0 Å². The molecule has 0 aromatic carbocycles. The summed E-state index contributed by atoms with van der Waals surface area (Å²) in [6.45, 7) is 8.23. The Hall–Kier alpha value is -1.05. The first-order valence-electron chi connectivity index (χ1n) is 5.49. The van der Waals surface area contributed by atoms with Gasteiger partial charge in [0.2, 0.25) is 0 Å². The van der Waals surface area contributed by atoms with E-state index in [4.69, 9.17) is 0 Å². The average Bonchev–Trinajstić information content (AvgIpc) is 2.20. The van der Waals surface area contributed by atoms with Crippen LogP contribution in [-0.4, -0.2) is 11.0 Å². The van der Waals surface area contributed by atoms with E-state index in [-0.39, 0.29) is 0 Å². The summed E-state index contributed by atoms with van der Waals surface area (Å²) in [6, 6.07) is 4.83. The van der Waals surface area contributed by atoms with Crippen LogP contribution in [0.25, 0.3) is 0 Å². The molecule has 2 nitrogen and oxygen atoms in total. The zero-order valence-electron chi connectivity index (χ0n) is 9.59. The predicted molar refractivity (Wildman–Crippen MR) is 61.7 cm³/mol. The number of aromatic nitrogens is 1. The second kappa shape index (κ2) is 4.99. The van der Waals surface area contributed by atoms with Crippen LogP contribution in [0, 0.1) is 6.92 Å². The van der Waals surface area contributed by atoms with Crippen LogP contribution in [0.15, 0.2) is 12.1 Å². The number of aryl methyl sites for hydroxylation is 2. The van der Waals surface area contributed by atoms with Gasteiger partial charge in [-0.2, -0.15) is 0 Å². The first-order valence-corrected chi connectivity index (χ1v) is 5.49. The molecule has 2 heteroatoms. The maximum atomic E-state index is 4.45. The van der Waals surface area contributed by atoms with Gasteiger partial charge in [-0.05, 0) is 38.3 Å². The lowest BCUT2D eigenvalue weighted by atomic mass is 10.0. The highest BCUT2D eigenvalue weighted by Crippen LogP contribution is 2.22. The van der Waals surface area contributed by atoms with E-state index < -0.39 is 0 Å². The van der Waals surface area contributed by atoms with Crippen molar-refractivity contribution >= 4 is 5.82 Å². The zero-order chi connectivity index (χ0) is 10.6. The summed E-state index contributed by atoms with van der Waals surface area (Å²) >= 11 is 0. The predicted octanol–water partition coefficient (Wildman–Crippen LogP) is 3.16. The molecule has 0 bridgehead atoms. The first kappa shape index (κ1) is 11.0.